The number of nitrogens with two attached hydrogens (primary N) is 1. The lowest BCUT2D eigenvalue weighted by Gasteiger charge is -2.41. The Labute approximate surface area is 203 Å². The van der Waals surface area contributed by atoms with E-state index in [2.05, 4.69) is 79.5 Å². The van der Waals surface area contributed by atoms with Crippen molar-refractivity contribution in [2.75, 3.05) is 17.2 Å². The predicted molar refractivity (Wildman–Crippen MR) is 133 cm³/mol. The number of aromatic nitrogens is 3. The molecule has 8 nitrogen and oxygen atoms in total. The Bertz CT molecular complexity index is 1390. The summed E-state index contributed by atoms with van der Waals surface area (Å²) in [6.07, 6.45) is 5.26. The first-order valence-electron chi connectivity index (χ1n) is 11.9. The highest BCUT2D eigenvalue weighted by atomic mass is 16.6. The highest BCUT2D eigenvalue weighted by Gasteiger charge is 2.37. The van der Waals surface area contributed by atoms with Crippen LogP contribution < -0.4 is 16.0 Å². The molecule has 35 heavy (non-hydrogen) atoms. The fourth-order valence-electron chi connectivity index (χ4n) is 5.55. The summed E-state index contributed by atoms with van der Waals surface area (Å²) in [4.78, 5) is 19.4. The first kappa shape index (κ1) is 21.3. The van der Waals surface area contributed by atoms with Crippen LogP contribution in [0.2, 0.25) is 0 Å². The number of fused-ring (bicyclic) bond motifs is 5. The van der Waals surface area contributed by atoms with Crippen LogP contribution >= 0.6 is 0 Å². The molecule has 176 valence electrons. The van der Waals surface area contributed by atoms with Gasteiger partial charge in [0, 0.05) is 36.6 Å². The number of anilines is 2. The van der Waals surface area contributed by atoms with Crippen LogP contribution in [0, 0.1) is 0 Å². The van der Waals surface area contributed by atoms with Gasteiger partial charge in [-0.15, -0.1) is 0 Å². The molecule has 8 heteroatoms. The first-order chi connectivity index (χ1) is 17.1. The third kappa shape index (κ3) is 3.71. The highest BCUT2D eigenvalue weighted by Crippen LogP contribution is 2.47. The minimum absolute atomic E-state index is 0.00695. The molecule has 0 spiro atoms. The van der Waals surface area contributed by atoms with Crippen LogP contribution in [0.5, 0.6) is 0 Å². The van der Waals surface area contributed by atoms with E-state index in [9.17, 15) is 4.79 Å². The normalized spacial score (nSPS) is 20.8. The molecular formula is C27H26N6O2. The van der Waals surface area contributed by atoms with Gasteiger partial charge in [0.25, 0.3) is 5.91 Å². The maximum absolute atomic E-state index is 12.7. The monoisotopic (exact) mass is 466 g/mol. The lowest BCUT2D eigenvalue weighted by atomic mass is 9.85. The van der Waals surface area contributed by atoms with Crippen LogP contribution in [0.25, 0.3) is 11.1 Å². The second-order valence-corrected chi connectivity index (χ2v) is 9.26. The number of benzene rings is 2. The van der Waals surface area contributed by atoms with Crippen molar-refractivity contribution in [2.45, 2.75) is 37.8 Å². The molecule has 4 heterocycles. The number of amides is 1. The number of rotatable bonds is 3. The summed E-state index contributed by atoms with van der Waals surface area (Å²) in [6.45, 7) is 3.11. The van der Waals surface area contributed by atoms with Gasteiger partial charge in [-0.2, -0.15) is 0 Å². The SMILES string of the molecule is C[C@@H]1c2ccccc2[C@H]2C[C@H](NC(=O)c3nonc3N)CCN2c2ccc(-c3ccncc3)cc21. The zero-order valence-electron chi connectivity index (χ0n) is 19.4. The Hall–Kier alpha value is -4.20. The lowest BCUT2D eigenvalue weighted by Crippen LogP contribution is -2.46. The number of nitrogen functional groups attached to an aromatic ring is 1. The zero-order chi connectivity index (χ0) is 23.9. The molecule has 1 amide bonds. The number of hydrogen-bond donors (Lipinski definition) is 2. The van der Waals surface area contributed by atoms with E-state index in [0.29, 0.717) is 0 Å². The van der Waals surface area contributed by atoms with Gasteiger partial charge < -0.3 is 16.0 Å². The predicted octanol–water partition coefficient (Wildman–Crippen LogP) is 4.32. The quantitative estimate of drug-likeness (QED) is 0.463. The second-order valence-electron chi connectivity index (χ2n) is 9.26. The summed E-state index contributed by atoms with van der Waals surface area (Å²) in [5, 5.41) is 10.3. The highest BCUT2D eigenvalue weighted by molar-refractivity contribution is 5.96. The van der Waals surface area contributed by atoms with Crippen molar-refractivity contribution < 1.29 is 9.42 Å². The van der Waals surface area contributed by atoms with Crippen molar-refractivity contribution in [2.24, 2.45) is 0 Å². The molecule has 0 bridgehead atoms. The topological polar surface area (TPSA) is 110 Å². The maximum Gasteiger partial charge on any atom is 0.277 e. The molecule has 2 aliphatic rings. The van der Waals surface area contributed by atoms with E-state index >= 15 is 0 Å². The van der Waals surface area contributed by atoms with Crippen LogP contribution in [0.15, 0.2) is 71.6 Å². The number of piperidine rings is 1. The van der Waals surface area contributed by atoms with E-state index in [0.717, 1.165) is 24.9 Å². The smallest absolute Gasteiger partial charge is 0.277 e. The van der Waals surface area contributed by atoms with E-state index in [-0.39, 0.29) is 35.4 Å². The minimum atomic E-state index is -0.347. The van der Waals surface area contributed by atoms with Crippen LogP contribution in [-0.4, -0.2) is 33.8 Å². The molecule has 4 aromatic rings. The number of nitrogens with zero attached hydrogens (tertiary/aromatic N) is 4. The van der Waals surface area contributed by atoms with Crippen molar-refractivity contribution in [3.8, 4) is 11.1 Å². The number of pyridine rings is 1. The van der Waals surface area contributed by atoms with Gasteiger partial charge in [-0.3, -0.25) is 9.78 Å². The molecule has 0 saturated carbocycles. The van der Waals surface area contributed by atoms with E-state index in [1.54, 1.807) is 0 Å². The largest absolute Gasteiger partial charge is 0.379 e. The summed E-state index contributed by atoms with van der Waals surface area (Å²) in [6, 6.07) is 19.7. The molecule has 2 aliphatic heterocycles. The van der Waals surface area contributed by atoms with E-state index < -0.39 is 0 Å². The van der Waals surface area contributed by atoms with Gasteiger partial charge in [0.2, 0.25) is 11.5 Å². The maximum atomic E-state index is 12.7. The molecule has 0 aliphatic carbocycles. The average Bonchev–Trinajstić information content (AvgIpc) is 3.30. The fourth-order valence-corrected chi connectivity index (χ4v) is 5.55. The molecule has 0 radical (unpaired) electrons. The van der Waals surface area contributed by atoms with Gasteiger partial charge in [0.15, 0.2) is 0 Å². The Morgan fingerprint density at radius 2 is 1.83 bits per heavy atom. The molecule has 6 rings (SSSR count). The Morgan fingerprint density at radius 1 is 1.03 bits per heavy atom. The lowest BCUT2D eigenvalue weighted by molar-refractivity contribution is 0.0918. The standard InChI is InChI=1S/C27H26N6O2/c1-16-20-4-2-3-5-21(20)24-15-19(30-27(34)25-26(28)32-35-31-25)10-13-33(24)23-7-6-18(14-22(16)23)17-8-11-29-12-9-17/h2-9,11-12,14,16,19,24H,10,13,15H2,1H3,(H2,28,32)(H,30,34)/t16-,19-,24-/m1/s1. The molecule has 0 unspecified atom stereocenters. The van der Waals surface area contributed by atoms with Crippen LogP contribution in [-0.2, 0) is 0 Å². The van der Waals surface area contributed by atoms with Crippen molar-refractivity contribution in [3.05, 3.63) is 89.4 Å². The van der Waals surface area contributed by atoms with Crippen LogP contribution in [0.4, 0.5) is 11.5 Å². The van der Waals surface area contributed by atoms with E-state index in [1.807, 2.05) is 24.5 Å². The molecule has 3 atom stereocenters. The van der Waals surface area contributed by atoms with Gasteiger partial charge in [-0.1, -0.05) is 37.3 Å². The third-order valence-electron chi connectivity index (χ3n) is 7.31. The van der Waals surface area contributed by atoms with E-state index in [4.69, 9.17) is 5.73 Å². The van der Waals surface area contributed by atoms with Gasteiger partial charge >= 0.3 is 0 Å². The van der Waals surface area contributed by atoms with E-state index in [1.165, 1.54) is 27.9 Å². The fraction of sp³-hybridized carbons (Fsp3) is 0.259. The van der Waals surface area contributed by atoms with Crippen LogP contribution in [0.1, 0.15) is 58.9 Å². The molecule has 2 aromatic carbocycles. The average molecular weight is 467 g/mol. The summed E-state index contributed by atoms with van der Waals surface area (Å²) in [7, 11) is 0. The van der Waals surface area contributed by atoms with Crippen LogP contribution in [0.3, 0.4) is 0 Å². The molecule has 1 fully saturated rings. The number of nitrogens with one attached hydrogen (secondary N) is 1. The van der Waals surface area contributed by atoms with Crippen molar-refractivity contribution in [3.63, 3.8) is 0 Å². The molecule has 1 saturated heterocycles. The first-order valence-corrected chi connectivity index (χ1v) is 11.9. The number of carbonyl (C=O) groups excluding carboxylic acids is 1. The summed E-state index contributed by atoms with van der Waals surface area (Å²) < 4.78 is 4.60. The molecular weight excluding hydrogens is 440 g/mol. The van der Waals surface area contributed by atoms with Gasteiger partial charge in [0.05, 0.1) is 6.04 Å². The number of carbonyl (C=O) groups is 1. The van der Waals surface area contributed by atoms with Crippen molar-refractivity contribution in [1.82, 2.24) is 20.6 Å². The Kier molecular flexibility index (Phi) is 5.21. The van der Waals surface area contributed by atoms with Crippen molar-refractivity contribution >= 4 is 17.4 Å². The van der Waals surface area contributed by atoms with Crippen molar-refractivity contribution in [1.29, 1.82) is 0 Å². The number of hydrogen-bond acceptors (Lipinski definition) is 7. The Morgan fingerprint density at radius 3 is 2.60 bits per heavy atom. The minimum Gasteiger partial charge on any atom is -0.379 e. The zero-order valence-corrected chi connectivity index (χ0v) is 19.4. The van der Waals surface area contributed by atoms with Gasteiger partial charge in [-0.05, 0) is 75.2 Å². The van der Waals surface area contributed by atoms with Gasteiger partial charge in [0.1, 0.15) is 0 Å². The summed E-state index contributed by atoms with van der Waals surface area (Å²) in [5.74, 6) is -0.102. The molecule has 3 N–H and O–H groups in total. The summed E-state index contributed by atoms with van der Waals surface area (Å²) >= 11 is 0. The summed E-state index contributed by atoms with van der Waals surface area (Å²) in [5.41, 5.74) is 13.3. The molecule has 2 aromatic heterocycles. The second kappa shape index (κ2) is 8.54. The van der Waals surface area contributed by atoms with Gasteiger partial charge in [-0.25, -0.2) is 4.63 Å². The third-order valence-corrected chi connectivity index (χ3v) is 7.31. The Balaban J connectivity index is 1.37.